The summed E-state index contributed by atoms with van der Waals surface area (Å²) in [6.45, 7) is 2.91. The Morgan fingerprint density at radius 3 is 2.15 bits per heavy atom. The van der Waals surface area contributed by atoms with E-state index in [4.69, 9.17) is 9.47 Å². The van der Waals surface area contributed by atoms with Gasteiger partial charge in [0.25, 0.3) is 5.91 Å². The minimum absolute atomic E-state index is 0.144. The van der Waals surface area contributed by atoms with E-state index in [9.17, 15) is 21.6 Å². The molecule has 1 aliphatic rings. The maximum atomic E-state index is 12.7. The molecule has 12 heteroatoms. The number of benzene rings is 2. The molecule has 0 radical (unpaired) electrons. The maximum Gasteiger partial charge on any atom is 0.265 e. The molecule has 1 N–H and O–H groups in total. The Labute approximate surface area is 194 Å². The number of carbonyl (C=O) groups excluding carboxylic acids is 1. The Kier molecular flexibility index (Phi) is 7.62. The summed E-state index contributed by atoms with van der Waals surface area (Å²) in [5.41, 5.74) is 0.899. The fourth-order valence-electron chi connectivity index (χ4n) is 3.07. The SMILES string of the molecule is C[C@H](Oc1ccc(N(C)S(C)(=O)=O)cc1)C(=O)Nc1ccc(S(=O)(=O)N2CCOCC2)cc1. The van der Waals surface area contributed by atoms with Crippen molar-refractivity contribution in [3.8, 4) is 5.75 Å². The van der Waals surface area contributed by atoms with Crippen LogP contribution in [0.25, 0.3) is 0 Å². The average molecular weight is 498 g/mol. The van der Waals surface area contributed by atoms with Crippen LogP contribution in [0.1, 0.15) is 6.92 Å². The summed E-state index contributed by atoms with van der Waals surface area (Å²) in [7, 11) is -5.54. The lowest BCUT2D eigenvalue weighted by molar-refractivity contribution is -0.122. The Hall–Kier alpha value is -2.67. The first kappa shape index (κ1) is 25.0. The van der Waals surface area contributed by atoms with E-state index < -0.39 is 32.1 Å². The number of amides is 1. The van der Waals surface area contributed by atoms with Crippen LogP contribution in [0.2, 0.25) is 0 Å². The van der Waals surface area contributed by atoms with E-state index >= 15 is 0 Å². The highest BCUT2D eigenvalue weighted by Crippen LogP contribution is 2.22. The minimum Gasteiger partial charge on any atom is -0.481 e. The molecule has 1 amide bonds. The van der Waals surface area contributed by atoms with Crippen LogP contribution in [-0.4, -0.2) is 72.8 Å². The summed E-state index contributed by atoms with van der Waals surface area (Å²) >= 11 is 0. The van der Waals surface area contributed by atoms with Crippen LogP contribution >= 0.6 is 0 Å². The summed E-state index contributed by atoms with van der Waals surface area (Å²) in [6, 6.07) is 12.2. The molecular weight excluding hydrogens is 470 g/mol. The first-order valence-corrected chi connectivity index (χ1v) is 13.5. The lowest BCUT2D eigenvalue weighted by Gasteiger charge is -2.26. The van der Waals surface area contributed by atoms with E-state index in [-0.39, 0.29) is 4.90 Å². The fraction of sp³-hybridized carbons (Fsp3) is 0.381. The van der Waals surface area contributed by atoms with E-state index in [2.05, 4.69) is 5.32 Å². The highest BCUT2D eigenvalue weighted by Gasteiger charge is 2.26. The molecule has 2 aromatic carbocycles. The molecule has 0 unspecified atom stereocenters. The number of anilines is 2. The van der Waals surface area contributed by atoms with Gasteiger partial charge in [-0.25, -0.2) is 16.8 Å². The molecule has 1 saturated heterocycles. The lowest BCUT2D eigenvalue weighted by Crippen LogP contribution is -2.40. The molecule has 33 heavy (non-hydrogen) atoms. The van der Waals surface area contributed by atoms with Gasteiger partial charge in [-0.3, -0.25) is 9.10 Å². The van der Waals surface area contributed by atoms with Gasteiger partial charge < -0.3 is 14.8 Å². The molecule has 0 bridgehead atoms. The monoisotopic (exact) mass is 497 g/mol. The first-order chi connectivity index (χ1) is 15.5. The summed E-state index contributed by atoms with van der Waals surface area (Å²) in [5.74, 6) is -0.0219. The average Bonchev–Trinajstić information content (AvgIpc) is 2.79. The van der Waals surface area contributed by atoms with Crippen LogP contribution in [0.15, 0.2) is 53.4 Å². The third-order valence-electron chi connectivity index (χ3n) is 5.11. The molecule has 0 aromatic heterocycles. The predicted octanol–water partition coefficient (Wildman–Crippen LogP) is 1.51. The van der Waals surface area contributed by atoms with Gasteiger partial charge in [0.2, 0.25) is 20.0 Å². The van der Waals surface area contributed by atoms with Crippen LogP contribution in [-0.2, 0) is 29.6 Å². The quantitative estimate of drug-likeness (QED) is 0.587. The van der Waals surface area contributed by atoms with Gasteiger partial charge >= 0.3 is 0 Å². The number of sulfonamides is 2. The van der Waals surface area contributed by atoms with E-state index in [0.717, 1.165) is 10.6 Å². The summed E-state index contributed by atoms with van der Waals surface area (Å²) in [6.07, 6.45) is 0.259. The molecule has 2 aromatic rings. The van der Waals surface area contributed by atoms with Crippen molar-refractivity contribution in [1.29, 1.82) is 0 Å². The molecule has 180 valence electrons. The number of morpholine rings is 1. The predicted molar refractivity (Wildman–Crippen MR) is 124 cm³/mol. The molecule has 1 fully saturated rings. The Bertz CT molecular complexity index is 1180. The molecule has 1 aliphatic heterocycles. The van der Waals surface area contributed by atoms with Gasteiger partial charge in [-0.1, -0.05) is 0 Å². The van der Waals surface area contributed by atoms with Crippen LogP contribution in [0, 0.1) is 0 Å². The Morgan fingerprint density at radius 1 is 1.03 bits per heavy atom. The molecule has 1 atom stereocenters. The highest BCUT2D eigenvalue weighted by molar-refractivity contribution is 7.92. The van der Waals surface area contributed by atoms with Crippen LogP contribution in [0.3, 0.4) is 0 Å². The van der Waals surface area contributed by atoms with Crippen molar-refractivity contribution in [2.45, 2.75) is 17.9 Å². The normalized spacial score (nSPS) is 16.1. The van der Waals surface area contributed by atoms with Gasteiger partial charge in [0.05, 0.1) is 30.1 Å². The van der Waals surface area contributed by atoms with Gasteiger partial charge in [-0.05, 0) is 55.5 Å². The Balaban J connectivity index is 1.59. The van der Waals surface area contributed by atoms with Gasteiger partial charge in [0.1, 0.15) is 5.75 Å². The van der Waals surface area contributed by atoms with Crippen molar-refractivity contribution in [2.24, 2.45) is 0 Å². The van der Waals surface area contributed by atoms with E-state index in [1.807, 2.05) is 0 Å². The smallest absolute Gasteiger partial charge is 0.265 e. The summed E-state index contributed by atoms with van der Waals surface area (Å²) < 4.78 is 61.9. The fourth-order valence-corrected chi connectivity index (χ4v) is 4.99. The molecule has 3 rings (SSSR count). The van der Waals surface area contributed by atoms with Crippen LogP contribution in [0.4, 0.5) is 11.4 Å². The minimum atomic E-state index is -3.61. The highest BCUT2D eigenvalue weighted by atomic mass is 32.2. The third-order valence-corrected chi connectivity index (χ3v) is 8.23. The molecule has 0 saturated carbocycles. The number of carbonyl (C=O) groups is 1. The van der Waals surface area contributed by atoms with Gasteiger partial charge in [-0.15, -0.1) is 0 Å². The Morgan fingerprint density at radius 2 is 1.61 bits per heavy atom. The topological polar surface area (TPSA) is 122 Å². The second kappa shape index (κ2) is 10.1. The van der Waals surface area contributed by atoms with Crippen molar-refractivity contribution >= 4 is 37.3 Å². The van der Waals surface area contributed by atoms with Crippen molar-refractivity contribution < 1.29 is 31.1 Å². The first-order valence-electron chi connectivity index (χ1n) is 10.2. The lowest BCUT2D eigenvalue weighted by atomic mass is 10.3. The van der Waals surface area contributed by atoms with Gasteiger partial charge in [0.15, 0.2) is 6.10 Å². The summed E-state index contributed by atoms with van der Waals surface area (Å²) in [5, 5.41) is 2.69. The van der Waals surface area contributed by atoms with Gasteiger partial charge in [0, 0.05) is 25.8 Å². The molecular formula is C21H27N3O7S2. The maximum absolute atomic E-state index is 12.7. The van der Waals surface area contributed by atoms with E-state index in [1.165, 1.54) is 35.6 Å². The second-order valence-corrected chi connectivity index (χ2v) is 11.5. The zero-order valence-electron chi connectivity index (χ0n) is 18.6. The van der Waals surface area contributed by atoms with Crippen LogP contribution in [0.5, 0.6) is 5.75 Å². The number of ether oxygens (including phenoxy) is 2. The third kappa shape index (κ3) is 6.22. The molecule has 0 aliphatic carbocycles. The van der Waals surface area contributed by atoms with E-state index in [0.29, 0.717) is 43.4 Å². The van der Waals surface area contributed by atoms with E-state index in [1.54, 1.807) is 31.2 Å². The number of rotatable bonds is 8. The molecule has 0 spiro atoms. The number of hydrogen-bond acceptors (Lipinski definition) is 7. The second-order valence-electron chi connectivity index (χ2n) is 7.51. The zero-order chi connectivity index (χ0) is 24.2. The summed E-state index contributed by atoms with van der Waals surface area (Å²) in [4.78, 5) is 12.6. The number of nitrogens with one attached hydrogen (secondary N) is 1. The number of hydrogen-bond donors (Lipinski definition) is 1. The van der Waals surface area contributed by atoms with Crippen molar-refractivity contribution in [3.63, 3.8) is 0 Å². The number of nitrogens with zero attached hydrogens (tertiary/aromatic N) is 2. The largest absolute Gasteiger partial charge is 0.481 e. The molecule has 10 nitrogen and oxygen atoms in total. The van der Waals surface area contributed by atoms with Crippen molar-refractivity contribution in [1.82, 2.24) is 4.31 Å². The van der Waals surface area contributed by atoms with Gasteiger partial charge in [-0.2, -0.15) is 4.31 Å². The van der Waals surface area contributed by atoms with Crippen LogP contribution < -0.4 is 14.4 Å². The zero-order valence-corrected chi connectivity index (χ0v) is 20.2. The van der Waals surface area contributed by atoms with Crippen molar-refractivity contribution in [3.05, 3.63) is 48.5 Å². The standard InChI is InChI=1S/C21H27N3O7S2/c1-16(31-19-8-6-18(7-9-19)23(2)32(3,26)27)21(25)22-17-4-10-20(11-5-17)33(28,29)24-12-14-30-15-13-24/h4-11,16H,12-15H2,1-3H3,(H,22,25)/t16-/m0/s1. The van der Waals surface area contributed by atoms with Crippen molar-refractivity contribution in [2.75, 3.05) is 49.2 Å². The molecule has 1 heterocycles.